The average Bonchev–Trinajstić information content (AvgIpc) is 2.77. The Balaban J connectivity index is 1.91. The van der Waals surface area contributed by atoms with E-state index in [9.17, 15) is 9.59 Å². The number of carbonyl (C=O) groups excluding carboxylic acids is 1. The van der Waals surface area contributed by atoms with Crippen LogP contribution in [-0.2, 0) is 17.6 Å². The standard InChI is InChI=1S/C14H19NO3S/c1-9-4-5-10-11(8-19-12(10)7-9)14(18)15-6-2-3-13(16)17/h8-9H,2-7H2,1H3,(H,15,18)(H,16,17). The van der Waals surface area contributed by atoms with Crippen molar-refractivity contribution in [1.82, 2.24) is 5.32 Å². The van der Waals surface area contributed by atoms with Crippen molar-refractivity contribution in [2.24, 2.45) is 5.92 Å². The Labute approximate surface area is 116 Å². The fraction of sp³-hybridized carbons (Fsp3) is 0.571. The summed E-state index contributed by atoms with van der Waals surface area (Å²) in [6.45, 7) is 2.67. The molecule has 19 heavy (non-hydrogen) atoms. The van der Waals surface area contributed by atoms with Gasteiger partial charge in [-0.2, -0.15) is 0 Å². The first-order chi connectivity index (χ1) is 9.08. The molecular formula is C14H19NO3S. The normalized spacial score (nSPS) is 17.8. The lowest BCUT2D eigenvalue weighted by Gasteiger charge is -2.18. The van der Waals surface area contributed by atoms with Crippen molar-refractivity contribution in [2.45, 2.75) is 39.0 Å². The summed E-state index contributed by atoms with van der Waals surface area (Å²) in [5, 5.41) is 13.3. The third-order valence-corrected chi connectivity index (χ3v) is 4.55. The molecule has 0 fully saturated rings. The Morgan fingerprint density at radius 3 is 3.05 bits per heavy atom. The molecule has 4 nitrogen and oxygen atoms in total. The zero-order valence-corrected chi connectivity index (χ0v) is 11.9. The summed E-state index contributed by atoms with van der Waals surface area (Å²) in [6.07, 6.45) is 3.77. The quantitative estimate of drug-likeness (QED) is 0.815. The SMILES string of the molecule is CC1CCc2c(C(=O)NCCCC(=O)O)csc2C1. The number of hydrogen-bond donors (Lipinski definition) is 2. The first-order valence-corrected chi connectivity index (χ1v) is 7.55. The molecule has 0 saturated carbocycles. The van der Waals surface area contributed by atoms with Gasteiger partial charge in [0.2, 0.25) is 0 Å². The summed E-state index contributed by atoms with van der Waals surface area (Å²) in [4.78, 5) is 23.8. The van der Waals surface area contributed by atoms with Crippen molar-refractivity contribution in [3.63, 3.8) is 0 Å². The molecule has 1 unspecified atom stereocenters. The Bertz CT molecular complexity index is 481. The fourth-order valence-corrected chi connectivity index (χ4v) is 3.65. The van der Waals surface area contributed by atoms with Crippen molar-refractivity contribution < 1.29 is 14.7 Å². The zero-order chi connectivity index (χ0) is 13.8. The molecule has 0 saturated heterocycles. The van der Waals surface area contributed by atoms with Gasteiger partial charge < -0.3 is 10.4 Å². The van der Waals surface area contributed by atoms with E-state index in [0.717, 1.165) is 24.8 Å². The number of hydrogen-bond acceptors (Lipinski definition) is 3. The molecule has 0 spiro atoms. The number of fused-ring (bicyclic) bond motifs is 1. The molecule has 5 heteroatoms. The van der Waals surface area contributed by atoms with Crippen LogP contribution in [0.15, 0.2) is 5.38 Å². The van der Waals surface area contributed by atoms with E-state index in [-0.39, 0.29) is 12.3 Å². The number of carboxylic acids is 1. The van der Waals surface area contributed by atoms with Gasteiger partial charge in [-0.25, -0.2) is 0 Å². The van der Waals surface area contributed by atoms with Crippen molar-refractivity contribution >= 4 is 23.2 Å². The number of rotatable bonds is 5. The van der Waals surface area contributed by atoms with Gasteiger partial charge in [0.15, 0.2) is 0 Å². The largest absolute Gasteiger partial charge is 0.481 e. The van der Waals surface area contributed by atoms with Crippen LogP contribution in [-0.4, -0.2) is 23.5 Å². The van der Waals surface area contributed by atoms with Crippen LogP contribution in [0.5, 0.6) is 0 Å². The minimum atomic E-state index is -0.823. The van der Waals surface area contributed by atoms with Gasteiger partial charge in [-0.3, -0.25) is 9.59 Å². The molecule has 1 atom stereocenters. The first kappa shape index (κ1) is 14.1. The molecule has 2 rings (SSSR count). The molecule has 1 aromatic rings. The molecule has 1 heterocycles. The highest BCUT2D eigenvalue weighted by Gasteiger charge is 2.22. The number of nitrogens with one attached hydrogen (secondary N) is 1. The van der Waals surface area contributed by atoms with Crippen LogP contribution in [0.1, 0.15) is 47.0 Å². The Morgan fingerprint density at radius 1 is 1.53 bits per heavy atom. The second kappa shape index (κ2) is 6.19. The lowest BCUT2D eigenvalue weighted by molar-refractivity contribution is -0.137. The minimum absolute atomic E-state index is 0.0579. The molecule has 1 aromatic heterocycles. The highest BCUT2D eigenvalue weighted by atomic mass is 32.1. The van der Waals surface area contributed by atoms with Crippen LogP contribution in [0.3, 0.4) is 0 Å². The number of amides is 1. The third-order valence-electron chi connectivity index (χ3n) is 3.50. The van der Waals surface area contributed by atoms with E-state index in [0.29, 0.717) is 18.9 Å². The number of carbonyl (C=O) groups is 2. The predicted octanol–water partition coefficient (Wildman–Crippen LogP) is 2.47. The van der Waals surface area contributed by atoms with Crippen LogP contribution in [0, 0.1) is 5.92 Å². The monoisotopic (exact) mass is 281 g/mol. The van der Waals surface area contributed by atoms with E-state index in [4.69, 9.17) is 5.11 Å². The zero-order valence-electron chi connectivity index (χ0n) is 11.1. The predicted molar refractivity (Wildman–Crippen MR) is 74.7 cm³/mol. The van der Waals surface area contributed by atoms with Crippen molar-refractivity contribution in [3.8, 4) is 0 Å². The Kier molecular flexibility index (Phi) is 4.58. The van der Waals surface area contributed by atoms with E-state index < -0.39 is 5.97 Å². The van der Waals surface area contributed by atoms with Crippen LogP contribution in [0.25, 0.3) is 0 Å². The average molecular weight is 281 g/mol. The van der Waals surface area contributed by atoms with E-state index in [1.807, 2.05) is 5.38 Å². The lowest BCUT2D eigenvalue weighted by Crippen LogP contribution is -2.26. The van der Waals surface area contributed by atoms with Gasteiger partial charge in [0.1, 0.15) is 0 Å². The van der Waals surface area contributed by atoms with Gasteiger partial charge in [0.05, 0.1) is 5.56 Å². The van der Waals surface area contributed by atoms with Gasteiger partial charge in [-0.05, 0) is 37.2 Å². The number of carboxylic acid groups (broad SMARTS) is 1. The molecule has 0 bridgehead atoms. The topological polar surface area (TPSA) is 66.4 Å². The molecule has 0 aromatic carbocycles. The van der Waals surface area contributed by atoms with Crippen molar-refractivity contribution in [3.05, 3.63) is 21.4 Å². The maximum Gasteiger partial charge on any atom is 0.303 e. The Hall–Kier alpha value is -1.36. The summed E-state index contributed by atoms with van der Waals surface area (Å²) in [5.41, 5.74) is 2.00. The van der Waals surface area contributed by atoms with Gasteiger partial charge >= 0.3 is 5.97 Å². The highest BCUT2D eigenvalue weighted by molar-refractivity contribution is 7.10. The van der Waals surface area contributed by atoms with E-state index in [2.05, 4.69) is 12.2 Å². The highest BCUT2D eigenvalue weighted by Crippen LogP contribution is 2.32. The van der Waals surface area contributed by atoms with E-state index >= 15 is 0 Å². The number of aliphatic carboxylic acids is 1. The first-order valence-electron chi connectivity index (χ1n) is 6.67. The second-order valence-electron chi connectivity index (χ2n) is 5.15. The maximum absolute atomic E-state index is 12.1. The molecule has 1 aliphatic rings. The summed E-state index contributed by atoms with van der Waals surface area (Å²) >= 11 is 1.67. The third kappa shape index (κ3) is 3.56. The van der Waals surface area contributed by atoms with E-state index in [1.165, 1.54) is 10.4 Å². The smallest absolute Gasteiger partial charge is 0.303 e. The fourth-order valence-electron chi connectivity index (χ4n) is 2.40. The molecule has 2 N–H and O–H groups in total. The minimum Gasteiger partial charge on any atom is -0.481 e. The molecule has 1 aliphatic carbocycles. The van der Waals surface area contributed by atoms with Gasteiger partial charge in [0.25, 0.3) is 5.91 Å². The summed E-state index contributed by atoms with van der Waals surface area (Å²) in [6, 6.07) is 0. The lowest BCUT2D eigenvalue weighted by atomic mass is 9.88. The van der Waals surface area contributed by atoms with Gasteiger partial charge in [-0.15, -0.1) is 11.3 Å². The van der Waals surface area contributed by atoms with Gasteiger partial charge in [-0.1, -0.05) is 6.92 Å². The molecule has 0 aliphatic heterocycles. The summed E-state index contributed by atoms with van der Waals surface area (Å²) < 4.78 is 0. The molecule has 104 valence electrons. The Morgan fingerprint density at radius 2 is 2.32 bits per heavy atom. The molecular weight excluding hydrogens is 262 g/mol. The maximum atomic E-state index is 12.1. The molecule has 0 radical (unpaired) electrons. The van der Waals surface area contributed by atoms with Crippen LogP contribution >= 0.6 is 11.3 Å². The van der Waals surface area contributed by atoms with E-state index in [1.54, 1.807) is 11.3 Å². The molecule has 1 amide bonds. The number of thiophene rings is 1. The summed E-state index contributed by atoms with van der Waals surface area (Å²) in [7, 11) is 0. The van der Waals surface area contributed by atoms with Crippen molar-refractivity contribution in [1.29, 1.82) is 0 Å². The summed E-state index contributed by atoms with van der Waals surface area (Å²) in [5.74, 6) is -0.175. The van der Waals surface area contributed by atoms with Crippen LogP contribution in [0.2, 0.25) is 0 Å². The van der Waals surface area contributed by atoms with Crippen LogP contribution < -0.4 is 5.32 Å². The second-order valence-corrected chi connectivity index (χ2v) is 6.12. The van der Waals surface area contributed by atoms with Crippen LogP contribution in [0.4, 0.5) is 0 Å². The van der Waals surface area contributed by atoms with Crippen molar-refractivity contribution in [2.75, 3.05) is 6.54 Å². The van der Waals surface area contributed by atoms with Gasteiger partial charge in [0, 0.05) is 23.2 Å².